The van der Waals surface area contributed by atoms with Gasteiger partial charge < -0.3 is 9.13 Å². The lowest BCUT2D eigenvalue weighted by Gasteiger charge is -2.14. The highest BCUT2D eigenvalue weighted by Gasteiger charge is 2.23. The molecule has 0 spiro atoms. The van der Waals surface area contributed by atoms with Crippen molar-refractivity contribution in [3.05, 3.63) is 328 Å². The Bertz CT molecular complexity index is 5890. The summed E-state index contributed by atoms with van der Waals surface area (Å²) in [5.74, 6) is 3.63. The molecule has 0 aliphatic heterocycles. The number of nitrogens with zero attached hydrogens (tertiary/aromatic N) is 8. The van der Waals surface area contributed by atoms with Crippen molar-refractivity contribution in [1.82, 2.24) is 39.0 Å². The van der Waals surface area contributed by atoms with Crippen molar-refractivity contribution in [2.45, 2.75) is 0 Å². The van der Waals surface area contributed by atoms with E-state index < -0.39 is 0 Å². The highest BCUT2D eigenvalue weighted by atomic mass is 15.0. The molecule has 0 radical (unpaired) electrons. The van der Waals surface area contributed by atoms with Crippen molar-refractivity contribution in [2.75, 3.05) is 0 Å². The summed E-state index contributed by atoms with van der Waals surface area (Å²) in [5.41, 5.74) is 18.7. The molecule has 18 aromatic rings. The van der Waals surface area contributed by atoms with E-state index in [-0.39, 0.29) is 0 Å². The Hall–Kier alpha value is -12.8. The summed E-state index contributed by atoms with van der Waals surface area (Å²) in [6.45, 7) is 0. The van der Waals surface area contributed by atoms with Gasteiger partial charge in [0.25, 0.3) is 0 Å². The molecule has 0 aliphatic carbocycles. The number of fused-ring (bicyclic) bond motifs is 9. The van der Waals surface area contributed by atoms with E-state index in [9.17, 15) is 0 Å². The summed E-state index contributed by atoms with van der Waals surface area (Å²) in [5, 5.41) is 9.57. The summed E-state index contributed by atoms with van der Waals surface area (Å²) < 4.78 is 4.79. The molecule has 0 saturated carbocycles. The van der Waals surface area contributed by atoms with Crippen LogP contribution in [0.1, 0.15) is 0 Å². The molecule has 0 amide bonds. The number of benzene rings is 14. The van der Waals surface area contributed by atoms with E-state index in [2.05, 4.69) is 258 Å². The molecular weight excluding hydrogens is 1150 g/mol. The van der Waals surface area contributed by atoms with Crippen LogP contribution in [0, 0.1) is 0 Å². The summed E-state index contributed by atoms with van der Waals surface area (Å²) in [6.07, 6.45) is 0. The number of hydrogen-bond acceptors (Lipinski definition) is 6. The number of aromatic nitrogens is 8. The van der Waals surface area contributed by atoms with Crippen LogP contribution in [-0.2, 0) is 0 Å². The van der Waals surface area contributed by atoms with Crippen molar-refractivity contribution in [3.8, 4) is 113 Å². The minimum atomic E-state index is 0.586. The van der Waals surface area contributed by atoms with Crippen LogP contribution in [0.2, 0.25) is 0 Å². The highest BCUT2D eigenvalue weighted by Crippen LogP contribution is 2.45. The summed E-state index contributed by atoms with van der Waals surface area (Å²) in [4.78, 5) is 31.0. The monoisotopic (exact) mass is 1200 g/mol. The van der Waals surface area contributed by atoms with Gasteiger partial charge in [0.15, 0.2) is 34.9 Å². The molecule has 8 heteroatoms. The zero-order valence-electron chi connectivity index (χ0n) is 50.8. The largest absolute Gasteiger partial charge is 0.309 e. The van der Waals surface area contributed by atoms with Gasteiger partial charge >= 0.3 is 0 Å². The van der Waals surface area contributed by atoms with Crippen LogP contribution < -0.4 is 0 Å². The van der Waals surface area contributed by atoms with Crippen molar-refractivity contribution in [2.24, 2.45) is 0 Å². The zero-order chi connectivity index (χ0) is 62.1. The standard InChI is InChI=1S/C86H54N8/c1-5-22-55(23-6-1)69-38-20-40-74-78(69)73-53-62-31-13-14-32-63(62)54-77(73)94(74)67-49-44-61(45-50-67)85-90-83(59-29-11-4-12-30-59)91-86(92-85)72-37-18-17-35-68(72)64-33-19-34-65(52-64)71-39-21-41-75-80(71)79-70-36-16-15-24-56(70)46-51-76(79)93(75)66-47-42-60(43-48-66)84-88-81(57-25-7-2-8-26-57)87-82(89-84)58-27-9-3-10-28-58/h1-54H. The maximum atomic E-state index is 5.39. The number of hydrogen-bond donors (Lipinski definition) is 0. The Kier molecular flexibility index (Phi) is 13.0. The van der Waals surface area contributed by atoms with Crippen molar-refractivity contribution >= 4 is 65.2 Å². The molecule has 0 atom stereocenters. The minimum Gasteiger partial charge on any atom is -0.309 e. The first kappa shape index (κ1) is 54.2. The normalized spacial score (nSPS) is 11.6. The lowest BCUT2D eigenvalue weighted by molar-refractivity contribution is 1.07. The molecule has 0 aliphatic rings. The van der Waals surface area contributed by atoms with Gasteiger partial charge in [-0.05, 0) is 140 Å². The van der Waals surface area contributed by atoms with E-state index in [1.165, 1.54) is 54.2 Å². The molecule has 0 bridgehead atoms. The van der Waals surface area contributed by atoms with Crippen molar-refractivity contribution in [1.29, 1.82) is 0 Å². The fraction of sp³-hybridized carbons (Fsp3) is 0. The lowest BCUT2D eigenvalue weighted by atomic mass is 9.93. The van der Waals surface area contributed by atoms with Gasteiger partial charge in [-0.25, -0.2) is 29.9 Å². The molecule has 0 unspecified atom stereocenters. The predicted octanol–water partition coefficient (Wildman–Crippen LogP) is 21.6. The molecular formula is C86H54N8. The maximum absolute atomic E-state index is 5.39. The Morgan fingerprint density at radius 1 is 0.181 bits per heavy atom. The average molecular weight is 1200 g/mol. The second-order valence-corrected chi connectivity index (χ2v) is 23.8. The Balaban J connectivity index is 0.740. The molecule has 18 rings (SSSR count). The molecule has 438 valence electrons. The van der Waals surface area contributed by atoms with Gasteiger partial charge in [-0.15, -0.1) is 0 Å². The smallest absolute Gasteiger partial charge is 0.164 e. The van der Waals surface area contributed by atoms with Gasteiger partial charge in [-0.2, -0.15) is 0 Å². The Morgan fingerprint density at radius 2 is 0.553 bits per heavy atom. The van der Waals surface area contributed by atoms with Crippen LogP contribution in [0.4, 0.5) is 0 Å². The molecule has 8 nitrogen and oxygen atoms in total. The van der Waals surface area contributed by atoms with E-state index in [0.29, 0.717) is 34.9 Å². The summed E-state index contributed by atoms with van der Waals surface area (Å²) >= 11 is 0. The van der Waals surface area contributed by atoms with Crippen LogP contribution in [-0.4, -0.2) is 39.0 Å². The molecule has 4 aromatic heterocycles. The van der Waals surface area contributed by atoms with Crippen molar-refractivity contribution < 1.29 is 0 Å². The first-order chi connectivity index (χ1) is 46.6. The van der Waals surface area contributed by atoms with Gasteiger partial charge in [0, 0.05) is 66.3 Å². The zero-order valence-corrected chi connectivity index (χ0v) is 50.8. The van der Waals surface area contributed by atoms with E-state index in [1.807, 2.05) is 78.9 Å². The molecule has 4 heterocycles. The van der Waals surface area contributed by atoms with Gasteiger partial charge in [-0.1, -0.05) is 243 Å². The van der Waals surface area contributed by atoms with E-state index >= 15 is 0 Å². The van der Waals surface area contributed by atoms with Crippen LogP contribution in [0.3, 0.4) is 0 Å². The highest BCUT2D eigenvalue weighted by molar-refractivity contribution is 6.25. The fourth-order valence-corrected chi connectivity index (χ4v) is 13.8. The van der Waals surface area contributed by atoms with E-state index in [0.717, 1.165) is 89.1 Å². The topological polar surface area (TPSA) is 87.2 Å². The van der Waals surface area contributed by atoms with E-state index in [4.69, 9.17) is 29.9 Å². The second-order valence-electron chi connectivity index (χ2n) is 23.8. The molecule has 0 N–H and O–H groups in total. The first-order valence-corrected chi connectivity index (χ1v) is 31.7. The maximum Gasteiger partial charge on any atom is 0.164 e. The van der Waals surface area contributed by atoms with Gasteiger partial charge in [0.1, 0.15) is 0 Å². The second kappa shape index (κ2) is 22.6. The summed E-state index contributed by atoms with van der Waals surface area (Å²) in [6, 6.07) is 116. The van der Waals surface area contributed by atoms with Crippen LogP contribution in [0.25, 0.3) is 178 Å². The SMILES string of the molecule is c1ccc(-c2nc(-c3ccccc3)nc(-c3ccc(-n4c5cccc(-c6cccc(-c7ccccc7-c7nc(-c8ccccc8)nc(-c8ccc(-n9c%10cc%11ccccc%11cc%10c%10c(-c%11ccccc%11)cccc%109)cc8)n7)c6)c5c5c6ccccc6ccc54)cc3)n2)cc1. The fourth-order valence-electron chi connectivity index (χ4n) is 13.8. The van der Waals surface area contributed by atoms with Gasteiger partial charge in [0.05, 0.1) is 22.1 Å². The lowest BCUT2D eigenvalue weighted by Crippen LogP contribution is -2.01. The first-order valence-electron chi connectivity index (χ1n) is 31.7. The van der Waals surface area contributed by atoms with Gasteiger partial charge in [-0.3, -0.25) is 0 Å². The van der Waals surface area contributed by atoms with Crippen LogP contribution in [0.5, 0.6) is 0 Å². The Labute approximate surface area is 541 Å². The third kappa shape index (κ3) is 9.39. The van der Waals surface area contributed by atoms with Crippen LogP contribution >= 0.6 is 0 Å². The Morgan fingerprint density at radius 3 is 1.11 bits per heavy atom. The average Bonchev–Trinajstić information content (AvgIpc) is 1.57. The molecule has 0 fully saturated rings. The van der Waals surface area contributed by atoms with Crippen molar-refractivity contribution in [3.63, 3.8) is 0 Å². The summed E-state index contributed by atoms with van der Waals surface area (Å²) in [7, 11) is 0. The molecule has 14 aromatic carbocycles. The quantitative estimate of drug-likeness (QED) is 0.128. The van der Waals surface area contributed by atoms with E-state index in [1.54, 1.807) is 0 Å². The minimum absolute atomic E-state index is 0.586. The molecule has 94 heavy (non-hydrogen) atoms. The molecule has 0 saturated heterocycles. The third-order valence-corrected chi connectivity index (χ3v) is 18.2. The predicted molar refractivity (Wildman–Crippen MR) is 386 cm³/mol. The third-order valence-electron chi connectivity index (χ3n) is 18.2. The van der Waals surface area contributed by atoms with Gasteiger partial charge in [0.2, 0.25) is 0 Å². The van der Waals surface area contributed by atoms with Crippen LogP contribution in [0.15, 0.2) is 328 Å². The number of rotatable bonds is 11.